The van der Waals surface area contributed by atoms with Gasteiger partial charge in [-0.1, -0.05) is 83.9 Å². The molecule has 0 saturated carbocycles. The first kappa shape index (κ1) is 26.9. The number of morpholine rings is 1. The highest BCUT2D eigenvalue weighted by Gasteiger charge is 2.27. The summed E-state index contributed by atoms with van der Waals surface area (Å²) in [6.45, 7) is 2.17. The molecule has 1 saturated heterocycles. The zero-order valence-electron chi connectivity index (χ0n) is 18.4. The van der Waals surface area contributed by atoms with E-state index < -0.39 is 18.0 Å². The average molecular weight is 527 g/mol. The molecule has 4 nitrogen and oxygen atoms in total. The summed E-state index contributed by atoms with van der Waals surface area (Å²) in [6.07, 6.45) is -1.36. The van der Waals surface area contributed by atoms with Crippen LogP contribution in [0, 0.1) is 5.82 Å². The maximum absolute atomic E-state index is 14.0. The Morgan fingerprint density at radius 1 is 1.00 bits per heavy atom. The predicted molar refractivity (Wildman–Crippen MR) is 135 cm³/mol. The highest BCUT2D eigenvalue weighted by atomic mass is 35.5. The molecule has 0 spiro atoms. The van der Waals surface area contributed by atoms with Crippen LogP contribution < -0.4 is 0 Å². The van der Waals surface area contributed by atoms with Crippen LogP contribution in [0.15, 0.2) is 72.8 Å². The second-order valence-electron chi connectivity index (χ2n) is 8.10. The van der Waals surface area contributed by atoms with Gasteiger partial charge in [-0.05, 0) is 23.3 Å². The van der Waals surface area contributed by atoms with Gasteiger partial charge in [0.05, 0.1) is 30.4 Å². The summed E-state index contributed by atoms with van der Waals surface area (Å²) in [7, 11) is 0. The van der Waals surface area contributed by atoms with Crippen molar-refractivity contribution >= 4 is 35.6 Å². The number of hydrogen-bond acceptors (Lipinski definition) is 4. The van der Waals surface area contributed by atoms with Gasteiger partial charge in [-0.2, -0.15) is 0 Å². The minimum Gasteiger partial charge on any atom is -0.389 e. The summed E-state index contributed by atoms with van der Waals surface area (Å²) in [4.78, 5) is 2.07. The van der Waals surface area contributed by atoms with Crippen LogP contribution in [0.4, 0.5) is 4.39 Å². The van der Waals surface area contributed by atoms with Crippen LogP contribution >= 0.6 is 35.6 Å². The van der Waals surface area contributed by atoms with Gasteiger partial charge in [0.25, 0.3) is 0 Å². The smallest absolute Gasteiger partial charge is 0.142 e. The number of nitrogens with zero attached hydrogens (tertiary/aromatic N) is 1. The Labute approximate surface area is 215 Å². The van der Waals surface area contributed by atoms with Crippen LogP contribution in [0.3, 0.4) is 0 Å². The van der Waals surface area contributed by atoms with Crippen molar-refractivity contribution < 1.29 is 19.0 Å². The summed E-state index contributed by atoms with van der Waals surface area (Å²) in [6, 6.07) is 22.6. The number of halogens is 4. The topological polar surface area (TPSA) is 41.9 Å². The van der Waals surface area contributed by atoms with Gasteiger partial charge in [-0.25, -0.2) is 4.39 Å². The van der Waals surface area contributed by atoms with Crippen LogP contribution in [-0.4, -0.2) is 49.0 Å². The Balaban J connectivity index is 0.00000324. The van der Waals surface area contributed by atoms with E-state index in [2.05, 4.69) is 4.90 Å². The average Bonchev–Trinajstić information content (AvgIpc) is 2.83. The first-order valence-electron chi connectivity index (χ1n) is 10.9. The highest BCUT2D eigenvalue weighted by molar-refractivity contribution is 6.35. The molecular formula is C26H27Cl3FNO3. The first-order chi connectivity index (χ1) is 16.0. The number of aliphatic hydroxyl groups excluding tert-OH is 1. The van der Waals surface area contributed by atoms with Gasteiger partial charge in [-0.3, -0.25) is 4.90 Å². The van der Waals surface area contributed by atoms with Gasteiger partial charge >= 0.3 is 0 Å². The number of hydrogen-bond donors (Lipinski definition) is 1. The van der Waals surface area contributed by atoms with Crippen molar-refractivity contribution in [2.45, 2.75) is 18.3 Å². The molecule has 182 valence electrons. The van der Waals surface area contributed by atoms with Gasteiger partial charge in [0.1, 0.15) is 11.9 Å². The van der Waals surface area contributed by atoms with E-state index in [1.54, 1.807) is 0 Å². The summed E-state index contributed by atoms with van der Waals surface area (Å²) < 4.78 is 26.0. The summed E-state index contributed by atoms with van der Waals surface area (Å²) in [5.74, 6) is -0.530. The molecule has 2 unspecified atom stereocenters. The zero-order valence-corrected chi connectivity index (χ0v) is 20.8. The minimum atomic E-state index is -0.698. The fourth-order valence-electron chi connectivity index (χ4n) is 4.04. The number of ether oxygens (including phenoxy) is 2. The molecule has 3 aromatic rings. The molecule has 0 amide bonds. The molecule has 0 aliphatic carbocycles. The molecular weight excluding hydrogens is 500 g/mol. The Morgan fingerprint density at radius 2 is 1.62 bits per heavy atom. The molecule has 3 aromatic carbocycles. The Hall–Kier alpha value is -1.70. The lowest BCUT2D eigenvalue weighted by molar-refractivity contribution is -0.0575. The number of benzene rings is 3. The molecule has 0 bridgehead atoms. The SMILES string of the molecule is Cl.OC(COC(c1ccccc1)c1ccccc1)CN1CCOC(c2cc(F)c(Cl)cc2Cl)C1. The van der Waals surface area contributed by atoms with Crippen molar-refractivity contribution in [2.24, 2.45) is 0 Å². The van der Waals surface area contributed by atoms with Gasteiger partial charge in [0, 0.05) is 30.2 Å². The van der Waals surface area contributed by atoms with Crippen molar-refractivity contribution in [3.63, 3.8) is 0 Å². The van der Waals surface area contributed by atoms with Crippen LogP contribution in [0.2, 0.25) is 10.0 Å². The van der Waals surface area contributed by atoms with Crippen LogP contribution in [0.1, 0.15) is 28.9 Å². The Bertz CT molecular complexity index is 1000. The van der Waals surface area contributed by atoms with E-state index in [4.69, 9.17) is 32.7 Å². The highest BCUT2D eigenvalue weighted by Crippen LogP contribution is 2.32. The molecule has 2 atom stereocenters. The largest absolute Gasteiger partial charge is 0.389 e. The monoisotopic (exact) mass is 525 g/mol. The van der Waals surface area contributed by atoms with Crippen molar-refractivity contribution in [1.82, 2.24) is 4.90 Å². The van der Waals surface area contributed by atoms with Crippen molar-refractivity contribution in [3.05, 3.63) is 105 Å². The molecule has 8 heteroatoms. The molecule has 34 heavy (non-hydrogen) atoms. The quantitative estimate of drug-likeness (QED) is 0.361. The van der Waals surface area contributed by atoms with E-state index >= 15 is 0 Å². The number of rotatable bonds is 8. The maximum atomic E-state index is 14.0. The fraction of sp³-hybridized carbons (Fsp3) is 0.308. The van der Waals surface area contributed by atoms with E-state index in [1.165, 1.54) is 12.1 Å². The van der Waals surface area contributed by atoms with E-state index in [9.17, 15) is 9.50 Å². The third-order valence-electron chi connectivity index (χ3n) is 5.67. The van der Waals surface area contributed by atoms with Crippen LogP contribution in [0.5, 0.6) is 0 Å². The third kappa shape index (κ3) is 6.92. The molecule has 1 aliphatic rings. The van der Waals surface area contributed by atoms with Gasteiger partial charge < -0.3 is 14.6 Å². The predicted octanol–water partition coefficient (Wildman–Crippen LogP) is 6.09. The molecule has 1 fully saturated rings. The Kier molecular flexibility index (Phi) is 10.2. The maximum Gasteiger partial charge on any atom is 0.142 e. The Morgan fingerprint density at radius 3 is 2.24 bits per heavy atom. The molecule has 1 aliphatic heterocycles. The molecule has 0 radical (unpaired) electrons. The minimum absolute atomic E-state index is 0. The van der Waals surface area contributed by atoms with E-state index in [-0.39, 0.29) is 30.1 Å². The number of β-amino-alcohol motifs (C(OH)–C–C–N with tert-alkyl or cyclic N) is 1. The summed E-state index contributed by atoms with van der Waals surface area (Å²) >= 11 is 12.1. The van der Waals surface area contributed by atoms with Crippen LogP contribution in [0.25, 0.3) is 0 Å². The van der Waals surface area contributed by atoms with E-state index in [0.29, 0.717) is 36.8 Å². The van der Waals surface area contributed by atoms with Gasteiger partial charge in [0.2, 0.25) is 0 Å². The standard InChI is InChI=1S/C26H26Cl2FNO3.ClH/c27-22-14-23(28)24(29)13-21(22)25-16-30(11-12-32-25)15-20(31)17-33-26(18-7-3-1-4-8-18)19-9-5-2-6-10-19;/h1-10,13-14,20,25-26,31H,11-12,15-17H2;1H. The van der Waals surface area contributed by atoms with Gasteiger partial charge in [0.15, 0.2) is 0 Å². The molecule has 0 aromatic heterocycles. The first-order valence-corrected chi connectivity index (χ1v) is 11.6. The lowest BCUT2D eigenvalue weighted by Crippen LogP contribution is -2.43. The van der Waals surface area contributed by atoms with Crippen molar-refractivity contribution in [2.75, 3.05) is 32.8 Å². The second kappa shape index (κ2) is 12.8. The van der Waals surface area contributed by atoms with E-state index in [0.717, 1.165) is 11.1 Å². The van der Waals surface area contributed by atoms with Gasteiger partial charge in [-0.15, -0.1) is 12.4 Å². The lowest BCUT2D eigenvalue weighted by atomic mass is 10.0. The molecule has 4 rings (SSSR count). The molecule has 1 heterocycles. The third-order valence-corrected chi connectivity index (χ3v) is 6.28. The van der Waals surface area contributed by atoms with Crippen LogP contribution in [-0.2, 0) is 9.47 Å². The van der Waals surface area contributed by atoms with Crippen molar-refractivity contribution in [1.29, 1.82) is 0 Å². The summed E-state index contributed by atoms with van der Waals surface area (Å²) in [5, 5.41) is 11.1. The van der Waals surface area contributed by atoms with Crippen molar-refractivity contribution in [3.8, 4) is 0 Å². The summed E-state index contributed by atoms with van der Waals surface area (Å²) in [5.41, 5.74) is 2.62. The lowest BCUT2D eigenvalue weighted by Gasteiger charge is -2.34. The van der Waals surface area contributed by atoms with E-state index in [1.807, 2.05) is 60.7 Å². The zero-order chi connectivity index (χ0) is 23.2. The fourth-order valence-corrected chi connectivity index (χ4v) is 4.54. The number of aliphatic hydroxyl groups is 1. The normalized spacial score (nSPS) is 17.4. The molecule has 1 N–H and O–H groups in total. The second-order valence-corrected chi connectivity index (χ2v) is 8.91.